The summed E-state index contributed by atoms with van der Waals surface area (Å²) in [7, 11) is 0. The standard InChI is InChI=1S/C32H33ClN8O3/c1-19-36-30(39-38-19)21-14-25-31(35-15-21)41(17-23-10-13-42-23)28(37-25)18-40-11-8-20(9-12-40)24-4-3-5-26-29(24)44-32(2,43-26)27-7-6-22(33)16-34-27/h3-7,14-16,20,23H,8-13,17-18H2,1-2H3,(H,36,38,39)/t23-,32?/m0/s1. The number of likely N-dealkylation sites (tertiary alicyclic amines) is 1. The number of imidazole rings is 1. The number of hydrogen-bond donors (Lipinski definition) is 1. The van der Waals surface area contributed by atoms with Crippen molar-refractivity contribution in [1.82, 2.24) is 39.6 Å². The fourth-order valence-electron chi connectivity index (χ4n) is 6.43. The Morgan fingerprint density at radius 1 is 1.05 bits per heavy atom. The van der Waals surface area contributed by atoms with E-state index in [0.717, 1.165) is 91.9 Å². The van der Waals surface area contributed by atoms with Gasteiger partial charge in [-0.25, -0.2) is 9.97 Å². The van der Waals surface area contributed by atoms with Crippen LogP contribution in [0.4, 0.5) is 0 Å². The molecule has 0 amide bonds. The van der Waals surface area contributed by atoms with Gasteiger partial charge in [0, 0.05) is 37.1 Å². The number of ether oxygens (including phenoxy) is 3. The summed E-state index contributed by atoms with van der Waals surface area (Å²) >= 11 is 6.07. The van der Waals surface area contributed by atoms with Crippen LogP contribution in [0.1, 0.15) is 55.0 Å². The van der Waals surface area contributed by atoms with Crippen molar-refractivity contribution in [2.45, 2.75) is 64.0 Å². The molecule has 0 aliphatic carbocycles. The van der Waals surface area contributed by atoms with Gasteiger partial charge in [0.25, 0.3) is 5.79 Å². The van der Waals surface area contributed by atoms with Crippen molar-refractivity contribution in [3.05, 3.63) is 76.7 Å². The zero-order chi connectivity index (χ0) is 29.8. The number of aromatic amines is 1. The fourth-order valence-corrected chi connectivity index (χ4v) is 6.54. The maximum absolute atomic E-state index is 6.49. The number of halogens is 1. The van der Waals surface area contributed by atoms with Crippen LogP contribution in [-0.2, 0) is 23.6 Å². The first-order chi connectivity index (χ1) is 21.4. The van der Waals surface area contributed by atoms with E-state index in [1.807, 2.05) is 38.2 Å². The Morgan fingerprint density at radius 2 is 1.91 bits per heavy atom. The molecule has 1 N–H and O–H groups in total. The number of H-pyrrole nitrogens is 1. The molecule has 8 rings (SSSR count). The van der Waals surface area contributed by atoms with Gasteiger partial charge in [0.05, 0.1) is 24.2 Å². The molecule has 3 aliphatic rings. The molecule has 7 heterocycles. The van der Waals surface area contributed by atoms with E-state index in [1.54, 1.807) is 12.3 Å². The molecular weight excluding hydrogens is 580 g/mol. The van der Waals surface area contributed by atoms with E-state index in [9.17, 15) is 0 Å². The van der Waals surface area contributed by atoms with E-state index in [-0.39, 0.29) is 6.10 Å². The molecule has 2 saturated heterocycles. The van der Waals surface area contributed by atoms with E-state index in [4.69, 9.17) is 35.8 Å². The number of pyridine rings is 2. The van der Waals surface area contributed by atoms with Gasteiger partial charge in [-0.1, -0.05) is 23.7 Å². The number of benzene rings is 1. The highest BCUT2D eigenvalue weighted by Crippen LogP contribution is 2.49. The molecule has 11 nitrogen and oxygen atoms in total. The summed E-state index contributed by atoms with van der Waals surface area (Å²) in [5.41, 5.74) is 4.48. The van der Waals surface area contributed by atoms with Crippen LogP contribution < -0.4 is 9.47 Å². The van der Waals surface area contributed by atoms with Crippen LogP contribution in [0.5, 0.6) is 11.5 Å². The van der Waals surface area contributed by atoms with Crippen LogP contribution in [0.25, 0.3) is 22.6 Å². The Hall–Kier alpha value is -4.06. The van der Waals surface area contributed by atoms with Crippen LogP contribution >= 0.6 is 11.6 Å². The Morgan fingerprint density at radius 3 is 2.64 bits per heavy atom. The minimum atomic E-state index is -0.993. The smallest absolute Gasteiger partial charge is 0.292 e. The molecule has 12 heteroatoms. The minimum absolute atomic E-state index is 0.200. The topological polar surface area (TPSA) is 116 Å². The number of fused-ring (bicyclic) bond motifs is 2. The average Bonchev–Trinajstić information content (AvgIpc) is 3.69. The van der Waals surface area contributed by atoms with Gasteiger partial charge in [-0.15, -0.1) is 10.2 Å². The second-order valence-corrected chi connectivity index (χ2v) is 12.4. The van der Waals surface area contributed by atoms with Gasteiger partial charge in [-0.2, -0.15) is 0 Å². The van der Waals surface area contributed by atoms with Crippen molar-refractivity contribution in [2.24, 2.45) is 0 Å². The second kappa shape index (κ2) is 10.8. The van der Waals surface area contributed by atoms with Crippen molar-refractivity contribution in [3.63, 3.8) is 0 Å². The SMILES string of the molecule is Cc1nnc(-c2cnc3c(c2)nc(CN2CCC(c4cccc5c4OC(C)(c4ccc(Cl)cn4)O5)CC2)n3C[C@@H]2CCO2)[nH]1. The predicted molar refractivity (Wildman–Crippen MR) is 164 cm³/mol. The molecule has 226 valence electrons. The highest BCUT2D eigenvalue weighted by Gasteiger charge is 2.42. The molecule has 44 heavy (non-hydrogen) atoms. The normalized spacial score (nSPS) is 22.0. The number of nitrogens with one attached hydrogen (secondary N) is 1. The van der Waals surface area contributed by atoms with Gasteiger partial charge in [-0.3, -0.25) is 9.88 Å². The largest absolute Gasteiger partial charge is 0.443 e. The molecule has 1 aromatic carbocycles. The van der Waals surface area contributed by atoms with Gasteiger partial charge in [-0.05, 0) is 69.5 Å². The Kier molecular flexibility index (Phi) is 6.77. The highest BCUT2D eigenvalue weighted by atomic mass is 35.5. The summed E-state index contributed by atoms with van der Waals surface area (Å²) in [5, 5.41) is 8.91. The second-order valence-electron chi connectivity index (χ2n) is 12.0. The highest BCUT2D eigenvalue weighted by molar-refractivity contribution is 6.30. The van der Waals surface area contributed by atoms with Gasteiger partial charge >= 0.3 is 0 Å². The third-order valence-electron chi connectivity index (χ3n) is 8.91. The van der Waals surface area contributed by atoms with Crippen molar-refractivity contribution >= 4 is 22.8 Å². The van der Waals surface area contributed by atoms with Gasteiger partial charge in [0.2, 0.25) is 0 Å². The summed E-state index contributed by atoms with van der Waals surface area (Å²) < 4.78 is 20.8. The van der Waals surface area contributed by atoms with Crippen molar-refractivity contribution in [1.29, 1.82) is 0 Å². The lowest BCUT2D eigenvalue weighted by atomic mass is 9.88. The summed E-state index contributed by atoms with van der Waals surface area (Å²) in [6.45, 7) is 8.01. The summed E-state index contributed by atoms with van der Waals surface area (Å²) in [6, 6.07) is 11.9. The van der Waals surface area contributed by atoms with E-state index in [0.29, 0.717) is 22.5 Å². The lowest BCUT2D eigenvalue weighted by Gasteiger charge is -2.33. The van der Waals surface area contributed by atoms with E-state index in [2.05, 4.69) is 41.8 Å². The molecule has 0 saturated carbocycles. The number of nitrogens with zero attached hydrogens (tertiary/aromatic N) is 7. The predicted octanol–water partition coefficient (Wildman–Crippen LogP) is 5.39. The third kappa shape index (κ3) is 4.98. The number of hydrogen-bond acceptors (Lipinski definition) is 9. The summed E-state index contributed by atoms with van der Waals surface area (Å²) in [6.07, 6.45) is 6.74. The van der Waals surface area contributed by atoms with E-state index >= 15 is 0 Å². The van der Waals surface area contributed by atoms with E-state index in [1.165, 1.54) is 5.56 Å². The molecule has 1 unspecified atom stereocenters. The fraction of sp³-hybridized carbons (Fsp3) is 0.406. The number of aryl methyl sites for hydroxylation is 1. The van der Waals surface area contributed by atoms with Gasteiger partial charge in [0.15, 0.2) is 23.0 Å². The third-order valence-corrected chi connectivity index (χ3v) is 9.14. The molecule has 3 aliphatic heterocycles. The Balaban J connectivity index is 0.997. The maximum Gasteiger partial charge on any atom is 0.292 e. The van der Waals surface area contributed by atoms with Crippen molar-refractivity contribution in [2.75, 3.05) is 19.7 Å². The van der Waals surface area contributed by atoms with Crippen LogP contribution in [0.2, 0.25) is 5.02 Å². The number of rotatable bonds is 7. The van der Waals surface area contributed by atoms with Crippen LogP contribution in [0.15, 0.2) is 48.8 Å². The molecule has 0 bridgehead atoms. The zero-order valence-corrected chi connectivity index (χ0v) is 25.4. The average molecular weight is 613 g/mol. The maximum atomic E-state index is 6.49. The zero-order valence-electron chi connectivity index (χ0n) is 24.7. The first-order valence-electron chi connectivity index (χ1n) is 15.1. The van der Waals surface area contributed by atoms with Crippen molar-refractivity contribution in [3.8, 4) is 22.9 Å². The lowest BCUT2D eigenvalue weighted by Crippen LogP contribution is -2.35. The van der Waals surface area contributed by atoms with Crippen LogP contribution in [0.3, 0.4) is 0 Å². The van der Waals surface area contributed by atoms with E-state index < -0.39 is 5.79 Å². The van der Waals surface area contributed by atoms with Crippen LogP contribution in [-0.4, -0.2) is 65.4 Å². The Labute approximate surface area is 259 Å². The van der Waals surface area contributed by atoms with Gasteiger partial charge < -0.3 is 23.8 Å². The van der Waals surface area contributed by atoms with Crippen molar-refractivity contribution < 1.29 is 14.2 Å². The first-order valence-corrected chi connectivity index (χ1v) is 15.5. The molecule has 5 aromatic rings. The molecular formula is C32H33ClN8O3. The summed E-state index contributed by atoms with van der Waals surface area (Å²) in [5.74, 6) is 3.42. The van der Waals surface area contributed by atoms with Gasteiger partial charge in [0.1, 0.15) is 22.9 Å². The molecule has 2 atom stereocenters. The molecule has 0 radical (unpaired) electrons. The first kappa shape index (κ1) is 27.5. The minimum Gasteiger partial charge on any atom is -0.443 e. The quantitative estimate of drug-likeness (QED) is 0.258. The number of piperidine rings is 1. The Bertz CT molecular complexity index is 1830. The summed E-state index contributed by atoms with van der Waals surface area (Å²) in [4.78, 5) is 20.0. The monoisotopic (exact) mass is 612 g/mol. The number of aromatic nitrogens is 7. The molecule has 0 spiro atoms. The molecule has 2 fully saturated rings. The number of para-hydroxylation sites is 1. The molecule has 4 aromatic heterocycles. The van der Waals surface area contributed by atoms with Crippen LogP contribution in [0, 0.1) is 6.92 Å². The lowest BCUT2D eigenvalue weighted by molar-refractivity contribution is -0.0722.